The summed E-state index contributed by atoms with van der Waals surface area (Å²) in [6.07, 6.45) is 2.13. The number of nitrogens with zero attached hydrogens (tertiary/aromatic N) is 6. The van der Waals surface area contributed by atoms with Gasteiger partial charge in [-0.3, -0.25) is 24.4 Å². The number of halogens is 2. The number of esters is 1. The summed E-state index contributed by atoms with van der Waals surface area (Å²) in [6, 6.07) is 6.00. The van der Waals surface area contributed by atoms with Crippen LogP contribution in [0.15, 0.2) is 35.8 Å². The molecule has 9 rings (SSSR count). The predicted octanol–water partition coefficient (Wildman–Crippen LogP) is 6.35. The van der Waals surface area contributed by atoms with Crippen molar-refractivity contribution in [1.29, 1.82) is 0 Å². The smallest absolute Gasteiger partial charge is 0.325 e. The zero-order valence-electron chi connectivity index (χ0n) is 37.8. The second kappa shape index (κ2) is 15.9. The van der Waals surface area contributed by atoms with Crippen LogP contribution in [-0.2, 0) is 43.2 Å². The molecule has 2 N–H and O–H groups in total. The highest BCUT2D eigenvalue weighted by atomic mass is 32.1. The number of cyclic esters (lactones) is 1. The van der Waals surface area contributed by atoms with Crippen LogP contribution < -0.4 is 15.6 Å². The first-order valence-corrected chi connectivity index (χ1v) is 23.2. The summed E-state index contributed by atoms with van der Waals surface area (Å²) in [5.41, 5.74) is 7.97. The maximum absolute atomic E-state index is 15.8. The van der Waals surface area contributed by atoms with Crippen LogP contribution in [0.25, 0.3) is 33.4 Å². The molecule has 13 nitrogen and oxygen atoms in total. The molecular formula is C47H60F2N8O5S. The van der Waals surface area contributed by atoms with Crippen molar-refractivity contribution in [2.75, 3.05) is 58.4 Å². The van der Waals surface area contributed by atoms with Gasteiger partial charge in [-0.2, -0.15) is 0 Å². The van der Waals surface area contributed by atoms with Crippen molar-refractivity contribution in [2.24, 2.45) is 34.5 Å². The van der Waals surface area contributed by atoms with Crippen molar-refractivity contribution in [3.05, 3.63) is 52.1 Å². The van der Waals surface area contributed by atoms with Crippen LogP contribution in [0.5, 0.6) is 0 Å². The lowest BCUT2D eigenvalue weighted by molar-refractivity contribution is -0.157. The van der Waals surface area contributed by atoms with Crippen molar-refractivity contribution in [2.45, 2.75) is 92.0 Å². The Labute approximate surface area is 371 Å². The maximum Gasteiger partial charge on any atom is 0.325 e. The van der Waals surface area contributed by atoms with Crippen molar-refractivity contribution < 1.29 is 32.6 Å². The Morgan fingerprint density at radius 1 is 1.11 bits per heavy atom. The van der Waals surface area contributed by atoms with Crippen LogP contribution in [0.2, 0.25) is 0 Å². The minimum absolute atomic E-state index is 0.0453. The number of likely N-dealkylation sites (N-methyl/N-ethyl adjacent to an activating group) is 1. The maximum atomic E-state index is 15.8. The fourth-order valence-corrected chi connectivity index (χ4v) is 11.3. The minimum atomic E-state index is -3.23. The second-order valence-electron chi connectivity index (χ2n) is 19.7. The number of methoxy groups -OCH3 is 1. The number of nitrogens with one attached hydrogen (secondary N) is 2. The largest absolute Gasteiger partial charge is 0.464 e. The summed E-state index contributed by atoms with van der Waals surface area (Å²) < 4.78 is 45.9. The zero-order valence-corrected chi connectivity index (χ0v) is 38.6. The quantitative estimate of drug-likeness (QED) is 0.203. The molecule has 1 aromatic carbocycles. The topological polar surface area (TPSA) is 134 Å². The van der Waals surface area contributed by atoms with Gasteiger partial charge in [-0.15, -0.1) is 11.3 Å². The number of rotatable bonds is 7. The average molecular weight is 887 g/mol. The molecule has 4 aromatic rings. The molecule has 0 radical (unpaired) electrons. The minimum Gasteiger partial charge on any atom is -0.464 e. The highest BCUT2D eigenvalue weighted by molar-refractivity contribution is 7.10. The first-order valence-electron chi connectivity index (χ1n) is 22.4. The van der Waals surface area contributed by atoms with E-state index in [0.29, 0.717) is 18.0 Å². The van der Waals surface area contributed by atoms with Gasteiger partial charge in [-0.05, 0) is 62.9 Å². The number of hydrazine groups is 1. The fraction of sp³-hybridized carbons (Fsp3) is 0.596. The van der Waals surface area contributed by atoms with Gasteiger partial charge in [-0.1, -0.05) is 40.7 Å². The molecule has 2 aliphatic carbocycles. The summed E-state index contributed by atoms with van der Waals surface area (Å²) in [5.74, 6) is -6.25. The Hall–Kier alpha value is -4.51. The first kappa shape index (κ1) is 43.7. The fourth-order valence-electron chi connectivity index (χ4n) is 10.5. The molecular weight excluding hydrogens is 827 g/mol. The standard InChI is InChI=1S/C47H60F2N8O5S/c1-10-56-35-12-11-28-17-30(35)32(40(56)31-18-29(21-50-38(31)27(4)61-9)55-15-13-54(8)14-16-55)20-45(5,6)24-62-44(60)39-41-46(7,47(41,48)49)23-57(53-39)43(59)33(19-36-51-34(28)22-63-36)52-42(58)37-25(2)26(37)3/h11-12,17-18,21-22,25-27,33,37,39,41,53H,10,13-16,19-20,23-24H2,1-9H3,(H,52,58)/t25-,26+,27-,33-,37?,39-,41+,46-/m0/s1. The van der Waals surface area contributed by atoms with E-state index in [1.807, 2.05) is 46.2 Å². The van der Waals surface area contributed by atoms with E-state index in [2.05, 4.69) is 63.3 Å². The highest BCUT2D eigenvalue weighted by Crippen LogP contribution is 2.68. The van der Waals surface area contributed by atoms with E-state index in [-0.39, 0.29) is 49.3 Å². The lowest BCUT2D eigenvalue weighted by atomic mass is 9.84. The monoisotopic (exact) mass is 886 g/mol. The number of alkyl halides is 2. The number of piperazine rings is 1. The molecule has 2 saturated carbocycles. The van der Waals surface area contributed by atoms with Crippen molar-refractivity contribution in [3.8, 4) is 22.5 Å². The Balaban J connectivity index is 1.18. The number of fused-ring (bicyclic) bond motifs is 8. The third kappa shape index (κ3) is 7.51. The van der Waals surface area contributed by atoms with Crippen molar-refractivity contribution in [3.63, 3.8) is 0 Å². The number of benzene rings is 1. The van der Waals surface area contributed by atoms with E-state index in [1.165, 1.54) is 18.3 Å². The molecule has 338 valence electrons. The Kier molecular flexibility index (Phi) is 11.0. The van der Waals surface area contributed by atoms with Crippen LogP contribution in [0.3, 0.4) is 0 Å². The van der Waals surface area contributed by atoms with Gasteiger partial charge in [0.1, 0.15) is 12.1 Å². The molecule has 4 fully saturated rings. The normalized spacial score (nSPS) is 29.8. The van der Waals surface area contributed by atoms with Gasteiger partial charge in [-0.25, -0.2) is 19.2 Å². The molecule has 2 amide bonds. The number of carbonyl (C=O) groups excluding carboxylic acids is 3. The molecule has 5 aliphatic rings. The van der Waals surface area contributed by atoms with Crippen LogP contribution >= 0.6 is 11.3 Å². The van der Waals surface area contributed by atoms with Crippen molar-refractivity contribution >= 4 is 45.7 Å². The van der Waals surface area contributed by atoms with Crippen LogP contribution in [0, 0.1) is 34.5 Å². The van der Waals surface area contributed by atoms with Crippen LogP contribution in [0.4, 0.5) is 14.5 Å². The number of anilines is 1. The summed E-state index contributed by atoms with van der Waals surface area (Å²) in [5, 5.41) is 7.64. The number of aryl methyl sites for hydroxylation is 1. The third-order valence-electron chi connectivity index (χ3n) is 14.9. The molecule has 8 atom stereocenters. The van der Waals surface area contributed by atoms with E-state index in [4.69, 9.17) is 19.4 Å². The summed E-state index contributed by atoms with van der Waals surface area (Å²) in [6.45, 7) is 17.4. The Bertz CT molecular complexity index is 2460. The van der Waals surface area contributed by atoms with E-state index >= 15 is 8.78 Å². The summed E-state index contributed by atoms with van der Waals surface area (Å²) in [4.78, 5) is 57.0. The molecule has 3 aromatic heterocycles. The molecule has 2 saturated heterocycles. The van der Waals surface area contributed by atoms with Gasteiger partial charge < -0.3 is 29.2 Å². The molecule has 1 unspecified atom stereocenters. The van der Waals surface area contributed by atoms with Gasteiger partial charge in [0.15, 0.2) is 0 Å². The first-order chi connectivity index (χ1) is 29.9. The molecule has 6 bridgehead atoms. The highest BCUT2D eigenvalue weighted by Gasteiger charge is 2.83. The summed E-state index contributed by atoms with van der Waals surface area (Å²) in [7, 11) is 3.82. The lowest BCUT2D eigenvalue weighted by Crippen LogP contribution is -2.62. The third-order valence-corrected chi connectivity index (χ3v) is 15.7. The number of thiazole rings is 1. The van der Waals surface area contributed by atoms with Gasteiger partial charge in [0.25, 0.3) is 11.8 Å². The van der Waals surface area contributed by atoms with Gasteiger partial charge in [0.2, 0.25) is 5.91 Å². The molecule has 6 heterocycles. The number of pyridine rings is 1. The number of hydrogen-bond donors (Lipinski definition) is 2. The van der Waals surface area contributed by atoms with Crippen molar-refractivity contribution in [1.82, 2.24) is 35.2 Å². The van der Waals surface area contributed by atoms with Gasteiger partial charge in [0.05, 0.1) is 58.0 Å². The van der Waals surface area contributed by atoms with E-state index in [1.54, 1.807) is 7.11 Å². The van der Waals surface area contributed by atoms with E-state index in [0.717, 1.165) is 81.6 Å². The average Bonchev–Trinajstić information content (AvgIpc) is 3.74. The number of hydrogen-bond acceptors (Lipinski definition) is 11. The number of amides is 2. The van der Waals surface area contributed by atoms with E-state index < -0.39 is 46.6 Å². The van der Waals surface area contributed by atoms with Gasteiger partial charge >= 0.3 is 5.97 Å². The Morgan fingerprint density at radius 3 is 2.52 bits per heavy atom. The molecule has 0 spiro atoms. The zero-order chi connectivity index (χ0) is 44.9. The lowest BCUT2D eigenvalue weighted by Gasteiger charge is -2.37. The predicted molar refractivity (Wildman–Crippen MR) is 238 cm³/mol. The summed E-state index contributed by atoms with van der Waals surface area (Å²) >= 11 is 1.38. The van der Waals surface area contributed by atoms with Crippen LogP contribution in [-0.4, -0.2) is 114 Å². The van der Waals surface area contributed by atoms with Crippen LogP contribution in [0.1, 0.15) is 70.8 Å². The number of carbonyl (C=O) groups is 3. The van der Waals surface area contributed by atoms with Gasteiger partial charge in [0, 0.05) is 91.5 Å². The Morgan fingerprint density at radius 2 is 1.84 bits per heavy atom. The second-order valence-corrected chi connectivity index (χ2v) is 20.7. The molecule has 3 aliphatic heterocycles. The SMILES string of the molecule is CCn1c(-c2cc(N3CCN(C)CC3)cnc2[C@H](C)OC)c2c3cc(ccc31)-c1csc(n1)C[C@H](NC(=O)C1[C@@H](C)[C@H]1C)C(=O)N1C[C@@]3(C)[C@@H]([C@H](N1)C(=O)OCC(C)(C)C2)C3(F)F. The number of ether oxygens (including phenoxy) is 2. The molecule has 63 heavy (non-hydrogen) atoms. The van der Waals surface area contributed by atoms with E-state index in [9.17, 15) is 14.4 Å². The molecule has 16 heteroatoms. The number of aromatic nitrogens is 3.